The fraction of sp³-hybridized carbons (Fsp3) is 0.333. The van der Waals surface area contributed by atoms with Gasteiger partial charge in [-0.2, -0.15) is 0 Å². The molecule has 0 amide bonds. The van der Waals surface area contributed by atoms with Gasteiger partial charge in [-0.25, -0.2) is 0 Å². The van der Waals surface area contributed by atoms with Crippen molar-refractivity contribution in [3.8, 4) is 5.75 Å². The van der Waals surface area contributed by atoms with Gasteiger partial charge in [0.1, 0.15) is 11.5 Å². The number of hydrogen-bond acceptors (Lipinski definition) is 5. The quantitative estimate of drug-likeness (QED) is 0.695. The van der Waals surface area contributed by atoms with E-state index in [2.05, 4.69) is 5.32 Å². The summed E-state index contributed by atoms with van der Waals surface area (Å²) in [7, 11) is 1.59. The minimum absolute atomic E-state index is 0.146. The molecule has 5 nitrogen and oxygen atoms in total. The minimum Gasteiger partial charge on any atom is -0.497 e. The number of ketones is 2. The van der Waals surface area contributed by atoms with E-state index in [1.165, 1.54) is 13.8 Å². The molecule has 1 aliphatic rings. The average molecular weight is 428 g/mol. The molecule has 0 saturated heterocycles. The Morgan fingerprint density at radius 1 is 1.10 bits per heavy atom. The number of halogens is 1. The summed E-state index contributed by atoms with van der Waals surface area (Å²) in [6.45, 7) is 4.60. The van der Waals surface area contributed by atoms with Crippen LogP contribution in [0.5, 0.6) is 5.75 Å². The first-order valence-electron chi connectivity index (χ1n) is 9.77. The van der Waals surface area contributed by atoms with Gasteiger partial charge < -0.3 is 15.2 Å². The first-order chi connectivity index (χ1) is 14.1. The summed E-state index contributed by atoms with van der Waals surface area (Å²) in [5.74, 6) is -0.927. The lowest BCUT2D eigenvalue weighted by Gasteiger charge is -2.43. The van der Waals surface area contributed by atoms with Crippen molar-refractivity contribution < 1.29 is 19.4 Å². The highest BCUT2D eigenvalue weighted by atomic mass is 35.5. The third kappa shape index (κ3) is 4.42. The van der Waals surface area contributed by atoms with E-state index in [1.807, 2.05) is 24.3 Å². The number of benzene rings is 2. The van der Waals surface area contributed by atoms with Crippen LogP contribution in [0.3, 0.4) is 0 Å². The molecule has 2 aromatic carbocycles. The number of carbonyl (C=O) groups is 2. The number of allylic oxidation sites excluding steroid dienone is 1. The smallest absolute Gasteiger partial charge is 0.158 e. The molecule has 0 radical (unpaired) electrons. The maximum absolute atomic E-state index is 12.8. The van der Waals surface area contributed by atoms with Gasteiger partial charge in [0, 0.05) is 34.3 Å². The van der Waals surface area contributed by atoms with Crippen LogP contribution in [0.1, 0.15) is 38.7 Å². The van der Waals surface area contributed by atoms with Crippen LogP contribution >= 0.6 is 11.6 Å². The van der Waals surface area contributed by atoms with E-state index in [1.54, 1.807) is 38.3 Å². The van der Waals surface area contributed by atoms with Crippen LogP contribution in [-0.4, -0.2) is 29.4 Å². The number of nitrogens with one attached hydrogen (secondary N) is 1. The number of rotatable bonds is 6. The predicted molar refractivity (Wildman–Crippen MR) is 118 cm³/mol. The van der Waals surface area contributed by atoms with E-state index >= 15 is 0 Å². The molecule has 2 aromatic rings. The van der Waals surface area contributed by atoms with Gasteiger partial charge in [-0.1, -0.05) is 23.7 Å². The van der Waals surface area contributed by atoms with E-state index < -0.39 is 17.4 Å². The van der Waals surface area contributed by atoms with E-state index in [-0.39, 0.29) is 18.0 Å². The van der Waals surface area contributed by atoms with Crippen LogP contribution in [0.4, 0.5) is 5.69 Å². The minimum atomic E-state index is -1.33. The van der Waals surface area contributed by atoms with Crippen LogP contribution in [-0.2, 0) is 9.59 Å². The Kier molecular flexibility index (Phi) is 6.34. The van der Waals surface area contributed by atoms with Crippen molar-refractivity contribution in [2.24, 2.45) is 5.92 Å². The van der Waals surface area contributed by atoms with Crippen LogP contribution in [0.15, 0.2) is 59.8 Å². The summed E-state index contributed by atoms with van der Waals surface area (Å²) in [5.41, 5.74) is 1.30. The first kappa shape index (κ1) is 22.1. The number of hydrogen-bond donors (Lipinski definition) is 2. The molecule has 6 heteroatoms. The van der Waals surface area contributed by atoms with Crippen molar-refractivity contribution in [1.82, 2.24) is 0 Å². The van der Waals surface area contributed by atoms with Crippen LogP contribution in [0.2, 0.25) is 5.02 Å². The van der Waals surface area contributed by atoms with E-state index in [4.69, 9.17) is 16.3 Å². The Morgan fingerprint density at radius 2 is 1.70 bits per heavy atom. The second kappa shape index (κ2) is 8.62. The summed E-state index contributed by atoms with van der Waals surface area (Å²) < 4.78 is 5.19. The Labute approximate surface area is 181 Å². The van der Waals surface area contributed by atoms with E-state index in [0.29, 0.717) is 22.0 Å². The van der Waals surface area contributed by atoms with Crippen LogP contribution < -0.4 is 10.1 Å². The summed E-state index contributed by atoms with van der Waals surface area (Å²) in [6.07, 6.45) is 0.155. The Balaban J connectivity index is 2.16. The highest BCUT2D eigenvalue weighted by Gasteiger charge is 2.49. The molecule has 158 valence electrons. The molecule has 3 atom stereocenters. The molecule has 0 saturated carbocycles. The zero-order valence-corrected chi connectivity index (χ0v) is 18.3. The standard InChI is InChI=1S/C24H26ClNO4/c1-14(27)21-20(26-18-9-11-19(30-4)12-10-18)13-24(3,29)23(15(2)28)22(21)16-5-7-17(25)8-6-16/h5-12,22-23,26,29H,13H2,1-4H3/t22-,23-,24-/m1/s1. The van der Waals surface area contributed by atoms with Crippen LogP contribution in [0.25, 0.3) is 0 Å². The Hall–Kier alpha value is -2.63. The van der Waals surface area contributed by atoms with E-state index in [9.17, 15) is 14.7 Å². The largest absolute Gasteiger partial charge is 0.497 e. The Bertz CT molecular complexity index is 977. The summed E-state index contributed by atoms with van der Waals surface area (Å²) >= 11 is 6.05. The maximum Gasteiger partial charge on any atom is 0.158 e. The highest BCUT2D eigenvalue weighted by molar-refractivity contribution is 6.30. The fourth-order valence-electron chi connectivity index (χ4n) is 4.37. The maximum atomic E-state index is 12.8. The van der Waals surface area contributed by atoms with Gasteiger partial charge in [-0.15, -0.1) is 0 Å². The molecule has 0 bridgehead atoms. The van der Waals surface area contributed by atoms with Crippen molar-refractivity contribution in [2.45, 2.75) is 38.7 Å². The van der Waals surface area contributed by atoms with Crippen LogP contribution in [0, 0.1) is 5.92 Å². The molecule has 30 heavy (non-hydrogen) atoms. The first-order valence-corrected chi connectivity index (χ1v) is 10.1. The normalized spacial score (nSPS) is 23.8. The summed E-state index contributed by atoms with van der Waals surface area (Å²) in [4.78, 5) is 25.4. The van der Waals surface area contributed by atoms with Crippen molar-refractivity contribution in [1.29, 1.82) is 0 Å². The highest BCUT2D eigenvalue weighted by Crippen LogP contribution is 2.47. The molecule has 0 aliphatic heterocycles. The molecule has 3 rings (SSSR count). The van der Waals surface area contributed by atoms with Gasteiger partial charge >= 0.3 is 0 Å². The van der Waals surface area contributed by atoms with Crippen molar-refractivity contribution in [3.05, 3.63) is 70.4 Å². The lowest BCUT2D eigenvalue weighted by atomic mass is 9.64. The fourth-order valence-corrected chi connectivity index (χ4v) is 4.50. The number of carbonyl (C=O) groups excluding carboxylic acids is 2. The number of anilines is 1. The van der Waals surface area contributed by atoms with Gasteiger partial charge in [-0.05, 0) is 62.7 Å². The van der Waals surface area contributed by atoms with Gasteiger partial charge in [-0.3, -0.25) is 9.59 Å². The average Bonchev–Trinajstić information content (AvgIpc) is 2.67. The molecular formula is C24H26ClNO4. The van der Waals surface area contributed by atoms with Crippen molar-refractivity contribution in [2.75, 3.05) is 12.4 Å². The van der Waals surface area contributed by atoms with Crippen molar-refractivity contribution in [3.63, 3.8) is 0 Å². The number of aliphatic hydroxyl groups is 1. The molecule has 0 heterocycles. The third-order valence-electron chi connectivity index (χ3n) is 5.61. The third-order valence-corrected chi connectivity index (χ3v) is 5.86. The zero-order chi connectivity index (χ0) is 22.1. The van der Waals surface area contributed by atoms with Gasteiger partial charge in [0.2, 0.25) is 0 Å². The summed E-state index contributed by atoms with van der Waals surface area (Å²) in [6, 6.07) is 14.4. The van der Waals surface area contributed by atoms with Gasteiger partial charge in [0.05, 0.1) is 18.6 Å². The zero-order valence-electron chi connectivity index (χ0n) is 17.5. The van der Waals surface area contributed by atoms with Gasteiger partial charge in [0.15, 0.2) is 5.78 Å². The second-order valence-corrected chi connectivity index (χ2v) is 8.39. The molecule has 1 aliphatic carbocycles. The number of Topliss-reactive ketones (excluding diaryl/α,β-unsaturated/α-hetero) is 2. The molecular weight excluding hydrogens is 402 g/mol. The number of methoxy groups -OCH3 is 1. The number of ether oxygens (including phenoxy) is 1. The SMILES string of the molecule is COc1ccc(NC2=C(C(C)=O)[C@@H](c3ccc(Cl)cc3)[C@@H](C(C)=O)[C@](C)(O)C2)cc1. The Morgan fingerprint density at radius 3 is 2.20 bits per heavy atom. The molecule has 0 aromatic heterocycles. The molecule has 0 spiro atoms. The topological polar surface area (TPSA) is 75.6 Å². The predicted octanol–water partition coefficient (Wildman–Crippen LogP) is 4.75. The summed E-state index contributed by atoms with van der Waals surface area (Å²) in [5, 5.41) is 15.1. The molecule has 0 fully saturated rings. The van der Waals surface area contributed by atoms with Crippen molar-refractivity contribution >= 4 is 28.9 Å². The second-order valence-electron chi connectivity index (χ2n) is 7.95. The lowest BCUT2D eigenvalue weighted by Crippen LogP contribution is -2.48. The van der Waals surface area contributed by atoms with E-state index in [0.717, 1.165) is 11.3 Å². The lowest BCUT2D eigenvalue weighted by molar-refractivity contribution is -0.131. The monoisotopic (exact) mass is 427 g/mol. The molecule has 2 N–H and O–H groups in total. The van der Waals surface area contributed by atoms with Gasteiger partial charge in [0.25, 0.3) is 0 Å². The molecule has 0 unspecified atom stereocenters.